The lowest BCUT2D eigenvalue weighted by molar-refractivity contribution is -0.137. The second-order valence-electron chi connectivity index (χ2n) is 2.56. The maximum Gasteiger partial charge on any atom is 0.416 e. The summed E-state index contributed by atoms with van der Waals surface area (Å²) in [4.78, 5) is 10.3. The number of nitrogens with two attached hydrogens (primary N) is 1. The lowest BCUT2D eigenvalue weighted by atomic mass is 10.2. The van der Waals surface area contributed by atoms with E-state index in [2.05, 4.69) is 10.5 Å². The molecule has 0 saturated heterocycles. The smallest absolute Gasteiger partial charge is 0.409 e. The van der Waals surface area contributed by atoms with Crippen LogP contribution in [0.1, 0.15) is 5.56 Å². The molecule has 3 nitrogen and oxygen atoms in total. The highest BCUT2D eigenvalue weighted by Crippen LogP contribution is 2.34. The first-order chi connectivity index (χ1) is 6.80. The molecule has 0 aliphatic heterocycles. The van der Waals surface area contributed by atoms with Crippen LogP contribution < -0.4 is 10.5 Å². The Kier molecular flexibility index (Phi) is 3.09. The van der Waals surface area contributed by atoms with Gasteiger partial charge >= 0.3 is 12.3 Å². The summed E-state index contributed by atoms with van der Waals surface area (Å²) in [6, 6.07) is 2.32. The molecule has 15 heavy (non-hydrogen) atoms. The molecule has 0 aromatic heterocycles. The summed E-state index contributed by atoms with van der Waals surface area (Å²) in [7, 11) is 0. The van der Waals surface area contributed by atoms with Crippen molar-refractivity contribution in [2.75, 3.05) is 0 Å². The van der Waals surface area contributed by atoms with E-state index in [1.54, 1.807) is 0 Å². The second-order valence-corrected chi connectivity index (χ2v) is 2.97. The van der Waals surface area contributed by atoms with Gasteiger partial charge in [0, 0.05) is 0 Å². The average Bonchev–Trinajstić information content (AvgIpc) is 2.05. The second kappa shape index (κ2) is 3.98. The van der Waals surface area contributed by atoms with Crippen molar-refractivity contribution in [1.82, 2.24) is 0 Å². The molecule has 0 heterocycles. The molecule has 0 spiro atoms. The van der Waals surface area contributed by atoms with Crippen molar-refractivity contribution in [3.8, 4) is 5.75 Å². The van der Waals surface area contributed by atoms with E-state index >= 15 is 0 Å². The predicted molar refractivity (Wildman–Crippen MR) is 46.7 cm³/mol. The van der Waals surface area contributed by atoms with E-state index in [0.717, 1.165) is 12.1 Å². The summed E-state index contributed by atoms with van der Waals surface area (Å²) in [5.41, 5.74) is 3.75. The average molecular weight is 240 g/mol. The highest BCUT2D eigenvalue weighted by atomic mass is 35.5. The zero-order chi connectivity index (χ0) is 11.6. The van der Waals surface area contributed by atoms with Crippen LogP contribution in [-0.4, -0.2) is 6.09 Å². The molecular weight excluding hydrogens is 235 g/mol. The van der Waals surface area contributed by atoms with Gasteiger partial charge in [-0.1, -0.05) is 11.6 Å². The van der Waals surface area contributed by atoms with Crippen LogP contribution in [0.3, 0.4) is 0 Å². The lowest BCUT2D eigenvalue weighted by Crippen LogP contribution is -2.16. The Morgan fingerprint density at radius 3 is 2.40 bits per heavy atom. The first kappa shape index (κ1) is 11.6. The Balaban J connectivity index is 3.03. The maximum absolute atomic E-state index is 12.2. The standard InChI is InChI=1S/C8H5ClF3NO2/c9-5-3-4(8(10,11)12)1-2-6(5)15-7(13)14/h1-3H,(H2,13,14). The summed E-state index contributed by atoms with van der Waals surface area (Å²) in [6.07, 6.45) is -5.63. The largest absolute Gasteiger partial charge is 0.416 e. The molecule has 0 radical (unpaired) electrons. The summed E-state index contributed by atoms with van der Waals surface area (Å²) >= 11 is 5.45. The Morgan fingerprint density at radius 1 is 1.40 bits per heavy atom. The first-order valence-electron chi connectivity index (χ1n) is 3.65. The van der Waals surface area contributed by atoms with Gasteiger partial charge in [-0.2, -0.15) is 13.2 Å². The molecule has 1 rings (SSSR count). The fourth-order valence-corrected chi connectivity index (χ4v) is 1.09. The lowest BCUT2D eigenvalue weighted by Gasteiger charge is -2.08. The third-order valence-electron chi connectivity index (χ3n) is 1.47. The molecule has 82 valence electrons. The number of halogens is 4. The highest BCUT2D eigenvalue weighted by molar-refractivity contribution is 6.32. The van der Waals surface area contributed by atoms with E-state index in [-0.39, 0.29) is 10.8 Å². The molecule has 0 aliphatic rings. The third kappa shape index (κ3) is 3.02. The molecule has 0 saturated carbocycles. The molecule has 0 fully saturated rings. The molecule has 1 aromatic rings. The summed E-state index contributed by atoms with van der Waals surface area (Å²) < 4.78 is 40.9. The quantitative estimate of drug-likeness (QED) is 0.819. The van der Waals surface area contributed by atoms with Gasteiger partial charge in [0.2, 0.25) is 0 Å². The van der Waals surface area contributed by atoms with Crippen molar-refractivity contribution in [2.24, 2.45) is 5.73 Å². The molecule has 0 atom stereocenters. The van der Waals surface area contributed by atoms with Crippen LogP contribution in [0.15, 0.2) is 18.2 Å². The van der Waals surface area contributed by atoms with Gasteiger partial charge in [0.25, 0.3) is 0 Å². The number of hydrogen-bond acceptors (Lipinski definition) is 2. The molecule has 2 N–H and O–H groups in total. The number of rotatable bonds is 1. The van der Waals surface area contributed by atoms with Crippen molar-refractivity contribution in [2.45, 2.75) is 6.18 Å². The van der Waals surface area contributed by atoms with Gasteiger partial charge in [0.05, 0.1) is 10.6 Å². The number of ether oxygens (including phenoxy) is 1. The van der Waals surface area contributed by atoms with Crippen LogP contribution in [0.5, 0.6) is 5.75 Å². The number of carbonyl (C=O) groups excluding carboxylic acids is 1. The van der Waals surface area contributed by atoms with Crippen molar-refractivity contribution in [3.05, 3.63) is 28.8 Å². The number of carbonyl (C=O) groups is 1. The Morgan fingerprint density at radius 2 is 2.00 bits per heavy atom. The minimum atomic E-state index is -4.49. The molecule has 0 aliphatic carbocycles. The minimum Gasteiger partial charge on any atom is -0.409 e. The number of primary amides is 1. The number of amides is 1. The van der Waals surface area contributed by atoms with Crippen molar-refractivity contribution >= 4 is 17.7 Å². The molecule has 1 aromatic carbocycles. The van der Waals surface area contributed by atoms with Crippen molar-refractivity contribution < 1.29 is 22.7 Å². The van der Waals surface area contributed by atoms with Gasteiger partial charge in [0.15, 0.2) is 5.75 Å². The van der Waals surface area contributed by atoms with Crippen LogP contribution in [0.4, 0.5) is 18.0 Å². The zero-order valence-corrected chi connectivity index (χ0v) is 7.89. The Hall–Kier alpha value is -1.43. The van der Waals surface area contributed by atoms with Gasteiger partial charge in [-0.05, 0) is 18.2 Å². The zero-order valence-electron chi connectivity index (χ0n) is 7.14. The molecule has 0 unspecified atom stereocenters. The summed E-state index contributed by atoms with van der Waals surface area (Å²) in [5.74, 6) is -0.211. The fourth-order valence-electron chi connectivity index (χ4n) is 0.868. The maximum atomic E-state index is 12.2. The van der Waals surface area contributed by atoms with Crippen LogP contribution in [0.2, 0.25) is 5.02 Å². The van der Waals surface area contributed by atoms with E-state index in [4.69, 9.17) is 11.6 Å². The third-order valence-corrected chi connectivity index (χ3v) is 1.77. The molecule has 1 amide bonds. The van der Waals surface area contributed by atoms with Crippen LogP contribution in [0, 0.1) is 0 Å². The van der Waals surface area contributed by atoms with Gasteiger partial charge in [0.1, 0.15) is 0 Å². The number of benzene rings is 1. The van der Waals surface area contributed by atoms with Crippen molar-refractivity contribution in [1.29, 1.82) is 0 Å². The van der Waals surface area contributed by atoms with E-state index in [0.29, 0.717) is 6.07 Å². The Bertz CT molecular complexity index is 392. The minimum absolute atomic E-state index is 0.211. The van der Waals surface area contributed by atoms with Gasteiger partial charge in [-0.25, -0.2) is 4.79 Å². The van der Waals surface area contributed by atoms with Crippen molar-refractivity contribution in [3.63, 3.8) is 0 Å². The van der Waals surface area contributed by atoms with E-state index in [1.165, 1.54) is 0 Å². The first-order valence-corrected chi connectivity index (χ1v) is 4.02. The fraction of sp³-hybridized carbons (Fsp3) is 0.125. The number of alkyl halides is 3. The van der Waals surface area contributed by atoms with E-state index < -0.39 is 17.8 Å². The van der Waals surface area contributed by atoms with Gasteiger partial charge in [-0.15, -0.1) is 0 Å². The Labute approximate surface area is 87.6 Å². The van der Waals surface area contributed by atoms with Gasteiger partial charge < -0.3 is 10.5 Å². The molecular formula is C8H5ClF3NO2. The normalized spacial score (nSPS) is 11.2. The van der Waals surface area contributed by atoms with Crippen LogP contribution >= 0.6 is 11.6 Å². The van der Waals surface area contributed by atoms with Gasteiger partial charge in [-0.3, -0.25) is 0 Å². The predicted octanol–water partition coefficient (Wildman–Crippen LogP) is 2.82. The van der Waals surface area contributed by atoms with E-state index in [1.807, 2.05) is 0 Å². The van der Waals surface area contributed by atoms with Crippen LogP contribution in [0.25, 0.3) is 0 Å². The summed E-state index contributed by atoms with van der Waals surface area (Å²) in [6.45, 7) is 0. The monoisotopic (exact) mass is 239 g/mol. The topological polar surface area (TPSA) is 52.3 Å². The highest BCUT2D eigenvalue weighted by Gasteiger charge is 2.31. The molecule has 7 heteroatoms. The van der Waals surface area contributed by atoms with Crippen LogP contribution in [-0.2, 0) is 6.18 Å². The SMILES string of the molecule is NC(=O)Oc1ccc(C(F)(F)F)cc1Cl. The molecule has 0 bridgehead atoms. The summed E-state index contributed by atoms with van der Waals surface area (Å²) in [5, 5.41) is -0.330. The number of hydrogen-bond donors (Lipinski definition) is 1. The van der Waals surface area contributed by atoms with E-state index in [9.17, 15) is 18.0 Å².